The molecule has 3 N–H and O–H groups in total. The van der Waals surface area contributed by atoms with Crippen molar-refractivity contribution in [1.29, 1.82) is 0 Å². The van der Waals surface area contributed by atoms with Gasteiger partial charge in [0.05, 0.1) is 12.4 Å². The third-order valence-electron chi connectivity index (χ3n) is 2.17. The highest BCUT2D eigenvalue weighted by Crippen LogP contribution is 1.83. The van der Waals surface area contributed by atoms with Crippen LogP contribution in [0.15, 0.2) is 4.99 Å². The van der Waals surface area contributed by atoms with Gasteiger partial charge in [0.1, 0.15) is 0 Å². The topological polar surface area (TPSA) is 91.8 Å². The van der Waals surface area contributed by atoms with E-state index in [0.717, 1.165) is 0 Å². The van der Waals surface area contributed by atoms with Gasteiger partial charge >= 0.3 is 0 Å². The molecular formula is C10H24N4O3S. The fourth-order valence-electron chi connectivity index (χ4n) is 1.12. The summed E-state index contributed by atoms with van der Waals surface area (Å²) >= 11 is 0. The summed E-state index contributed by atoms with van der Waals surface area (Å²) in [4.78, 5) is 4.02. The van der Waals surface area contributed by atoms with Crippen LogP contribution in [-0.4, -0.2) is 60.5 Å². The molecule has 18 heavy (non-hydrogen) atoms. The van der Waals surface area contributed by atoms with Crippen molar-refractivity contribution in [2.45, 2.75) is 13.3 Å². The van der Waals surface area contributed by atoms with E-state index in [4.69, 9.17) is 4.74 Å². The molecule has 0 saturated carbocycles. The van der Waals surface area contributed by atoms with Crippen LogP contribution in [0.2, 0.25) is 0 Å². The van der Waals surface area contributed by atoms with E-state index in [0.29, 0.717) is 38.6 Å². The number of rotatable bonds is 9. The van der Waals surface area contributed by atoms with Crippen LogP contribution in [0, 0.1) is 0 Å². The van der Waals surface area contributed by atoms with Crippen molar-refractivity contribution in [3.8, 4) is 0 Å². The average molecular weight is 280 g/mol. The Labute approximate surface area is 109 Å². The van der Waals surface area contributed by atoms with Gasteiger partial charge in [0.25, 0.3) is 0 Å². The van der Waals surface area contributed by atoms with Gasteiger partial charge in [-0.15, -0.1) is 0 Å². The monoisotopic (exact) mass is 280 g/mol. The van der Waals surface area contributed by atoms with Gasteiger partial charge in [-0.3, -0.25) is 4.99 Å². The fourth-order valence-corrected chi connectivity index (χ4v) is 1.78. The molecule has 0 fully saturated rings. The van der Waals surface area contributed by atoms with Crippen LogP contribution in [0.5, 0.6) is 0 Å². The molecule has 0 unspecified atom stereocenters. The maximum atomic E-state index is 11.1. The molecule has 0 heterocycles. The van der Waals surface area contributed by atoms with E-state index in [2.05, 4.69) is 20.3 Å². The molecule has 7 nitrogen and oxygen atoms in total. The predicted molar refractivity (Wildman–Crippen MR) is 73.3 cm³/mol. The predicted octanol–water partition coefficient (Wildman–Crippen LogP) is -0.873. The van der Waals surface area contributed by atoms with E-state index in [1.54, 1.807) is 21.1 Å². The van der Waals surface area contributed by atoms with Crippen molar-refractivity contribution < 1.29 is 13.2 Å². The van der Waals surface area contributed by atoms with Crippen LogP contribution in [0.1, 0.15) is 13.3 Å². The third-order valence-corrected chi connectivity index (χ3v) is 3.57. The minimum absolute atomic E-state index is 0.112. The smallest absolute Gasteiger partial charge is 0.211 e. The second-order valence-corrected chi connectivity index (χ2v) is 5.67. The number of guanidine groups is 1. The zero-order chi connectivity index (χ0) is 13.9. The molecular weight excluding hydrogens is 256 g/mol. The standard InChI is InChI=1S/C10H24N4O3S/c1-4-18(15,16)14-7-5-6-12-10(11-2)13-8-9-17-3/h14H,4-9H2,1-3H3,(H2,11,12,13). The van der Waals surface area contributed by atoms with Crippen LogP contribution < -0.4 is 15.4 Å². The Morgan fingerprint density at radius 1 is 1.22 bits per heavy atom. The minimum Gasteiger partial charge on any atom is -0.383 e. The van der Waals surface area contributed by atoms with Gasteiger partial charge in [-0.1, -0.05) is 0 Å². The number of hydrogen-bond donors (Lipinski definition) is 3. The Morgan fingerprint density at radius 2 is 1.89 bits per heavy atom. The largest absolute Gasteiger partial charge is 0.383 e. The summed E-state index contributed by atoms with van der Waals surface area (Å²) in [5.74, 6) is 0.797. The molecule has 0 aliphatic carbocycles. The SMILES string of the molecule is CCS(=O)(=O)NCCCNC(=NC)NCCOC. The highest BCUT2D eigenvalue weighted by molar-refractivity contribution is 7.89. The molecule has 108 valence electrons. The summed E-state index contributed by atoms with van der Waals surface area (Å²) < 4.78 is 29.7. The third kappa shape index (κ3) is 9.20. The molecule has 0 aliphatic heterocycles. The second-order valence-electron chi connectivity index (χ2n) is 3.57. The first-order chi connectivity index (χ1) is 8.55. The summed E-state index contributed by atoms with van der Waals surface area (Å²) in [5, 5.41) is 6.14. The molecule has 0 aromatic rings. The van der Waals surface area contributed by atoms with E-state index in [1.807, 2.05) is 0 Å². The first-order valence-electron chi connectivity index (χ1n) is 5.96. The maximum Gasteiger partial charge on any atom is 0.211 e. The highest BCUT2D eigenvalue weighted by Gasteiger charge is 2.04. The van der Waals surface area contributed by atoms with E-state index in [1.165, 1.54) is 0 Å². The normalized spacial score (nSPS) is 12.5. The zero-order valence-corrected chi connectivity index (χ0v) is 12.1. The van der Waals surface area contributed by atoms with Gasteiger partial charge in [0, 0.05) is 33.8 Å². The van der Waals surface area contributed by atoms with Crippen molar-refractivity contribution in [2.75, 3.05) is 46.2 Å². The molecule has 0 atom stereocenters. The van der Waals surface area contributed by atoms with Gasteiger partial charge in [-0.05, 0) is 13.3 Å². The number of sulfonamides is 1. The Bertz CT molecular complexity index is 330. The lowest BCUT2D eigenvalue weighted by Gasteiger charge is -2.11. The van der Waals surface area contributed by atoms with Crippen LogP contribution in [0.3, 0.4) is 0 Å². The second kappa shape index (κ2) is 10.1. The van der Waals surface area contributed by atoms with Gasteiger partial charge in [0.15, 0.2) is 5.96 Å². The minimum atomic E-state index is -3.08. The zero-order valence-electron chi connectivity index (χ0n) is 11.3. The average Bonchev–Trinajstić information content (AvgIpc) is 2.36. The summed E-state index contributed by atoms with van der Waals surface area (Å²) in [6.07, 6.45) is 0.699. The van der Waals surface area contributed by atoms with E-state index >= 15 is 0 Å². The Kier molecular flexibility index (Phi) is 9.62. The molecule has 0 rings (SSSR count). The van der Waals surface area contributed by atoms with Crippen LogP contribution in [0.4, 0.5) is 0 Å². The summed E-state index contributed by atoms with van der Waals surface area (Å²) in [5.41, 5.74) is 0. The van der Waals surface area contributed by atoms with Crippen molar-refractivity contribution in [2.24, 2.45) is 4.99 Å². The van der Waals surface area contributed by atoms with Crippen molar-refractivity contribution >= 4 is 16.0 Å². The van der Waals surface area contributed by atoms with Crippen molar-refractivity contribution in [1.82, 2.24) is 15.4 Å². The Morgan fingerprint density at radius 3 is 2.44 bits per heavy atom. The molecule has 8 heteroatoms. The van der Waals surface area contributed by atoms with Gasteiger partial charge in [-0.2, -0.15) is 0 Å². The first kappa shape index (κ1) is 17.1. The summed E-state index contributed by atoms with van der Waals surface area (Å²) in [6.45, 7) is 3.98. The fraction of sp³-hybridized carbons (Fsp3) is 0.900. The number of aliphatic imine (C=N–C) groups is 1. The molecule has 0 spiro atoms. The van der Waals surface area contributed by atoms with Crippen LogP contribution >= 0.6 is 0 Å². The molecule has 0 aromatic carbocycles. The van der Waals surface area contributed by atoms with Crippen molar-refractivity contribution in [3.63, 3.8) is 0 Å². The molecule has 0 radical (unpaired) electrons. The Balaban J connectivity index is 3.63. The lowest BCUT2D eigenvalue weighted by Crippen LogP contribution is -2.40. The van der Waals surface area contributed by atoms with E-state index in [9.17, 15) is 8.42 Å². The number of methoxy groups -OCH3 is 1. The molecule has 0 saturated heterocycles. The number of nitrogens with zero attached hydrogens (tertiary/aromatic N) is 1. The van der Waals surface area contributed by atoms with Gasteiger partial charge in [0.2, 0.25) is 10.0 Å². The molecule has 0 amide bonds. The number of nitrogens with one attached hydrogen (secondary N) is 3. The number of hydrogen-bond acceptors (Lipinski definition) is 4. The summed E-state index contributed by atoms with van der Waals surface area (Å²) in [7, 11) is 0.236. The quantitative estimate of drug-likeness (QED) is 0.290. The van der Waals surface area contributed by atoms with E-state index in [-0.39, 0.29) is 5.75 Å². The van der Waals surface area contributed by atoms with Gasteiger partial charge < -0.3 is 15.4 Å². The lowest BCUT2D eigenvalue weighted by molar-refractivity contribution is 0.203. The molecule has 0 bridgehead atoms. The highest BCUT2D eigenvalue weighted by atomic mass is 32.2. The van der Waals surface area contributed by atoms with Crippen molar-refractivity contribution in [3.05, 3.63) is 0 Å². The Hall–Kier alpha value is -0.860. The summed E-state index contributed by atoms with van der Waals surface area (Å²) in [6, 6.07) is 0. The van der Waals surface area contributed by atoms with Gasteiger partial charge in [-0.25, -0.2) is 13.1 Å². The maximum absolute atomic E-state index is 11.1. The van der Waals surface area contributed by atoms with Crippen LogP contribution in [-0.2, 0) is 14.8 Å². The first-order valence-corrected chi connectivity index (χ1v) is 7.61. The molecule has 0 aromatic heterocycles. The van der Waals surface area contributed by atoms with E-state index < -0.39 is 10.0 Å². The van der Waals surface area contributed by atoms with Crippen LogP contribution in [0.25, 0.3) is 0 Å². The lowest BCUT2D eigenvalue weighted by atomic mass is 10.4. The molecule has 0 aliphatic rings. The number of ether oxygens (including phenoxy) is 1.